The molecule has 0 radical (unpaired) electrons. The van der Waals surface area contributed by atoms with Gasteiger partial charge in [-0.25, -0.2) is 0 Å². The van der Waals surface area contributed by atoms with Crippen molar-refractivity contribution in [2.45, 2.75) is 58.3 Å². The second-order valence-corrected chi connectivity index (χ2v) is 6.88. The van der Waals surface area contributed by atoms with E-state index in [9.17, 15) is 9.59 Å². The van der Waals surface area contributed by atoms with Crippen LogP contribution in [0.3, 0.4) is 0 Å². The number of halogens is 1. The summed E-state index contributed by atoms with van der Waals surface area (Å²) in [5.74, 6) is -0.0417. The third kappa shape index (κ3) is 7.97. The Kier molecular flexibility index (Phi) is 16.2. The molecule has 2 atom stereocenters. The second-order valence-electron chi connectivity index (χ2n) is 6.88. The molecule has 2 aromatic rings. The number of amides is 1. The quantitative estimate of drug-likeness (QED) is 0.402. The van der Waals surface area contributed by atoms with E-state index < -0.39 is 5.41 Å². The van der Waals surface area contributed by atoms with Crippen molar-refractivity contribution in [1.82, 2.24) is 11.5 Å². The highest BCUT2D eigenvalue weighted by atomic mass is 35.5. The fourth-order valence-corrected chi connectivity index (χ4v) is 3.69. The number of nitrogens with one attached hydrogen (secondary N) is 1. The molecule has 176 valence electrons. The van der Waals surface area contributed by atoms with Gasteiger partial charge < -0.3 is 16.3 Å². The third-order valence-electron chi connectivity index (χ3n) is 5.20. The summed E-state index contributed by atoms with van der Waals surface area (Å²) < 4.78 is 0. The van der Waals surface area contributed by atoms with Crippen molar-refractivity contribution in [2.75, 3.05) is 6.54 Å². The van der Waals surface area contributed by atoms with Crippen LogP contribution < -0.4 is 11.5 Å². The summed E-state index contributed by atoms with van der Waals surface area (Å²) in [6.45, 7) is 11.8. The Bertz CT molecular complexity index is 774. The van der Waals surface area contributed by atoms with E-state index in [0.29, 0.717) is 19.4 Å². The van der Waals surface area contributed by atoms with Crippen molar-refractivity contribution in [3.05, 3.63) is 83.9 Å². The number of carbonyl (C=O) groups excluding carboxylic acids is 2. The van der Waals surface area contributed by atoms with Crippen LogP contribution in [0.25, 0.3) is 0 Å². The minimum absolute atomic E-state index is 0. The first-order valence-corrected chi connectivity index (χ1v) is 10.6. The van der Waals surface area contributed by atoms with Gasteiger partial charge in [0, 0.05) is 21.7 Å². The monoisotopic (exact) mass is 450 g/mol. The molecule has 2 aromatic carbocycles. The van der Waals surface area contributed by atoms with Crippen molar-refractivity contribution < 1.29 is 12.4 Å². The lowest BCUT2D eigenvalue weighted by atomic mass is 9.66. The van der Waals surface area contributed by atoms with Crippen LogP contribution in [-0.4, -0.2) is 18.7 Å². The molecule has 1 aliphatic heterocycles. The highest BCUT2D eigenvalue weighted by molar-refractivity contribution is 5.85. The molecule has 0 spiro atoms. The first-order chi connectivity index (χ1) is 14.1. The van der Waals surface area contributed by atoms with Gasteiger partial charge in [-0.1, -0.05) is 81.4 Å². The third-order valence-corrected chi connectivity index (χ3v) is 5.20. The number of aldehydes is 1. The van der Waals surface area contributed by atoms with Crippen LogP contribution in [0.5, 0.6) is 0 Å². The predicted octanol–water partition coefficient (Wildman–Crippen LogP) is 6.67. The van der Waals surface area contributed by atoms with Gasteiger partial charge in [0.15, 0.2) is 0 Å². The molecule has 1 heterocycles. The summed E-state index contributed by atoms with van der Waals surface area (Å²) in [4.78, 5) is 24.3. The molecule has 4 N–H and O–H groups in total. The normalized spacial score (nSPS) is 19.2. The standard InChI is InChI=1S/C21H23NO2.C3H6.C2H6.ClH.H3N.2H2/c1-2-16-8-10-18(11-9-16)21(15-23)13-12-20(24)22-14-19(21)17-6-4-3-5-7-17;1-3-2;1-2;;;;/h3-11,15,19H,2,12-14H2,1H3,(H,22,24);3H,1H2,2H3;1-2H3;1H;1H3;2*1H/t19-,21-;;;;;;/m0....../s1. The Morgan fingerprint density at radius 3 is 2.16 bits per heavy atom. The molecule has 1 aliphatic rings. The molecule has 3 rings (SSSR count). The van der Waals surface area contributed by atoms with Crippen LogP contribution in [0.2, 0.25) is 0 Å². The van der Waals surface area contributed by atoms with E-state index in [0.717, 1.165) is 23.8 Å². The number of aryl methyl sites for hydroxylation is 1. The van der Waals surface area contributed by atoms with Gasteiger partial charge in [-0.3, -0.25) is 4.79 Å². The molecule has 4 nitrogen and oxygen atoms in total. The van der Waals surface area contributed by atoms with Gasteiger partial charge >= 0.3 is 0 Å². The van der Waals surface area contributed by atoms with Gasteiger partial charge in [-0.2, -0.15) is 0 Å². The maximum atomic E-state index is 12.3. The molecular weight excluding hydrogens is 408 g/mol. The van der Waals surface area contributed by atoms with Gasteiger partial charge in [0.05, 0.1) is 5.41 Å². The Morgan fingerprint density at radius 2 is 1.68 bits per heavy atom. The number of benzene rings is 2. The Labute approximate surface area is 197 Å². The minimum Gasteiger partial charge on any atom is -0.355 e. The predicted molar refractivity (Wildman–Crippen MR) is 139 cm³/mol. The first kappa shape index (κ1) is 30.8. The van der Waals surface area contributed by atoms with Gasteiger partial charge in [-0.15, -0.1) is 19.0 Å². The lowest BCUT2D eigenvalue weighted by Gasteiger charge is -2.35. The van der Waals surface area contributed by atoms with Crippen molar-refractivity contribution in [2.24, 2.45) is 0 Å². The Hall–Kier alpha value is -2.43. The van der Waals surface area contributed by atoms with E-state index >= 15 is 0 Å². The summed E-state index contributed by atoms with van der Waals surface area (Å²) in [7, 11) is 0. The molecule has 1 fully saturated rings. The van der Waals surface area contributed by atoms with Gasteiger partial charge in [-0.05, 0) is 36.5 Å². The zero-order valence-corrected chi connectivity index (χ0v) is 20.2. The largest absolute Gasteiger partial charge is 0.355 e. The first-order valence-electron chi connectivity index (χ1n) is 10.6. The van der Waals surface area contributed by atoms with E-state index in [1.54, 1.807) is 6.08 Å². The lowest BCUT2D eigenvalue weighted by Crippen LogP contribution is -2.38. The summed E-state index contributed by atoms with van der Waals surface area (Å²) in [6.07, 6.45) is 4.69. The molecule has 0 unspecified atom stereocenters. The van der Waals surface area contributed by atoms with Crippen molar-refractivity contribution in [3.63, 3.8) is 0 Å². The minimum atomic E-state index is -0.674. The van der Waals surface area contributed by atoms with Crippen LogP contribution in [0.1, 0.15) is 66.0 Å². The SMILES string of the molecule is C=CC.CC.CCc1ccc([C@@]2(C=O)CCC(=O)NC[C@H]2c2ccccc2)cc1.Cl.N.[HH].[HH]. The topological polar surface area (TPSA) is 81.2 Å². The van der Waals surface area contributed by atoms with E-state index in [1.807, 2.05) is 51.1 Å². The fourth-order valence-electron chi connectivity index (χ4n) is 3.69. The molecular formula is C26H43ClN2O2. The fraction of sp³-hybridized carbons (Fsp3) is 0.385. The zero-order chi connectivity index (χ0) is 21.7. The zero-order valence-electron chi connectivity index (χ0n) is 19.4. The summed E-state index contributed by atoms with van der Waals surface area (Å²) in [6, 6.07) is 18.3. The molecule has 1 saturated heterocycles. The second kappa shape index (κ2) is 16.3. The van der Waals surface area contributed by atoms with Crippen LogP contribution in [0.15, 0.2) is 67.3 Å². The van der Waals surface area contributed by atoms with E-state index in [4.69, 9.17) is 0 Å². The lowest BCUT2D eigenvalue weighted by molar-refractivity contribution is -0.120. The molecule has 0 aliphatic carbocycles. The number of hydrogen-bond acceptors (Lipinski definition) is 3. The van der Waals surface area contributed by atoms with E-state index in [2.05, 4.69) is 43.1 Å². The van der Waals surface area contributed by atoms with Crippen LogP contribution in [0, 0.1) is 0 Å². The maximum absolute atomic E-state index is 12.3. The molecule has 0 aromatic heterocycles. The highest BCUT2D eigenvalue weighted by Gasteiger charge is 2.43. The van der Waals surface area contributed by atoms with Crippen molar-refractivity contribution in [1.29, 1.82) is 0 Å². The summed E-state index contributed by atoms with van der Waals surface area (Å²) >= 11 is 0. The van der Waals surface area contributed by atoms with E-state index in [1.165, 1.54) is 5.56 Å². The number of allylic oxidation sites excluding steroid dienone is 1. The van der Waals surface area contributed by atoms with Gasteiger partial charge in [0.2, 0.25) is 5.91 Å². The Morgan fingerprint density at radius 1 is 1.13 bits per heavy atom. The van der Waals surface area contributed by atoms with E-state index in [-0.39, 0.29) is 33.2 Å². The maximum Gasteiger partial charge on any atom is 0.220 e. The average molecular weight is 451 g/mol. The van der Waals surface area contributed by atoms with Crippen LogP contribution in [-0.2, 0) is 21.4 Å². The van der Waals surface area contributed by atoms with Crippen molar-refractivity contribution in [3.8, 4) is 0 Å². The molecule has 31 heavy (non-hydrogen) atoms. The van der Waals surface area contributed by atoms with Gasteiger partial charge in [0.1, 0.15) is 6.29 Å². The highest BCUT2D eigenvalue weighted by Crippen LogP contribution is 2.42. The molecule has 5 heteroatoms. The number of rotatable bonds is 4. The summed E-state index contributed by atoms with van der Waals surface area (Å²) in [5, 5.41) is 2.98. The Balaban J connectivity index is -0.000000433. The molecule has 0 bridgehead atoms. The smallest absolute Gasteiger partial charge is 0.220 e. The van der Waals surface area contributed by atoms with Crippen molar-refractivity contribution >= 4 is 24.6 Å². The molecule has 1 amide bonds. The van der Waals surface area contributed by atoms with Gasteiger partial charge in [0.25, 0.3) is 0 Å². The van der Waals surface area contributed by atoms with Crippen LogP contribution in [0.4, 0.5) is 0 Å². The number of carbonyl (C=O) groups is 2. The average Bonchev–Trinajstić information content (AvgIpc) is 2.96. The molecule has 0 saturated carbocycles. The number of hydrogen-bond donors (Lipinski definition) is 2. The van der Waals surface area contributed by atoms with Crippen LogP contribution >= 0.6 is 12.4 Å². The summed E-state index contributed by atoms with van der Waals surface area (Å²) in [5.41, 5.74) is 2.66.